The van der Waals surface area contributed by atoms with Gasteiger partial charge in [-0.1, -0.05) is 24.8 Å². The van der Waals surface area contributed by atoms with E-state index in [1.54, 1.807) is 6.20 Å². The van der Waals surface area contributed by atoms with E-state index in [9.17, 15) is 0 Å². The number of rotatable bonds is 3. The van der Waals surface area contributed by atoms with Crippen LogP contribution in [0.25, 0.3) is 0 Å². The molecule has 1 aliphatic rings. The summed E-state index contributed by atoms with van der Waals surface area (Å²) in [6.07, 6.45) is 11.0. The third-order valence-electron chi connectivity index (χ3n) is 2.45. The molecule has 0 aromatic rings. The van der Waals surface area contributed by atoms with Gasteiger partial charge in [0.15, 0.2) is 0 Å². The lowest BCUT2D eigenvalue weighted by molar-refractivity contribution is 0.519. The van der Waals surface area contributed by atoms with Gasteiger partial charge in [0.25, 0.3) is 0 Å². The highest BCUT2D eigenvalue weighted by molar-refractivity contribution is 5.31. The second-order valence-corrected chi connectivity index (χ2v) is 3.60. The van der Waals surface area contributed by atoms with Crippen molar-refractivity contribution in [2.24, 2.45) is 11.7 Å². The zero-order chi connectivity index (χ0) is 10.6. The summed E-state index contributed by atoms with van der Waals surface area (Å²) in [5.74, 6) is 0.390. The molecule has 0 aromatic heterocycles. The molecule has 0 aromatic carbocycles. The van der Waals surface area contributed by atoms with Gasteiger partial charge in [0.2, 0.25) is 0 Å². The average molecular weight is 190 g/mol. The molecule has 0 fully saturated rings. The van der Waals surface area contributed by atoms with Crippen molar-refractivity contribution >= 4 is 0 Å². The quantitative estimate of drug-likeness (QED) is 0.690. The highest BCUT2D eigenvalue weighted by Crippen LogP contribution is 2.23. The molecule has 1 unspecified atom stereocenters. The molecule has 2 heteroatoms. The van der Waals surface area contributed by atoms with Gasteiger partial charge in [0, 0.05) is 25.7 Å². The highest BCUT2D eigenvalue weighted by Gasteiger charge is 2.11. The molecule has 0 heterocycles. The minimum absolute atomic E-state index is 0.390. The number of allylic oxidation sites excluding steroid dienone is 5. The average Bonchev–Trinajstić information content (AvgIpc) is 2.20. The van der Waals surface area contributed by atoms with E-state index < -0.39 is 0 Å². The Morgan fingerprint density at radius 2 is 2.36 bits per heavy atom. The monoisotopic (exact) mass is 190 g/mol. The van der Waals surface area contributed by atoms with Crippen LogP contribution in [0.5, 0.6) is 0 Å². The number of nitrogens with two attached hydrogens (primary N) is 1. The number of hydrogen-bond acceptors (Lipinski definition) is 2. The Morgan fingerprint density at radius 3 is 2.71 bits per heavy atom. The first kappa shape index (κ1) is 10.6. The molecule has 0 aliphatic heterocycles. The van der Waals surface area contributed by atoms with Crippen LogP contribution in [0.3, 0.4) is 0 Å². The van der Waals surface area contributed by atoms with Crippen LogP contribution in [0, 0.1) is 5.92 Å². The molecule has 14 heavy (non-hydrogen) atoms. The van der Waals surface area contributed by atoms with Gasteiger partial charge in [0.05, 0.1) is 0 Å². The number of nitrogens with zero attached hydrogens (tertiary/aromatic N) is 1. The molecule has 1 rings (SSSR count). The van der Waals surface area contributed by atoms with E-state index in [0.29, 0.717) is 5.92 Å². The van der Waals surface area contributed by atoms with Crippen molar-refractivity contribution in [3.63, 3.8) is 0 Å². The lowest BCUT2D eigenvalue weighted by Crippen LogP contribution is -2.13. The number of likely N-dealkylation sites (N-methyl/N-ethyl adjacent to an activating group) is 1. The second kappa shape index (κ2) is 4.70. The molecular formula is C12H18N2. The van der Waals surface area contributed by atoms with Crippen molar-refractivity contribution in [2.45, 2.75) is 6.42 Å². The van der Waals surface area contributed by atoms with Gasteiger partial charge in [-0.05, 0) is 24.3 Å². The van der Waals surface area contributed by atoms with Crippen LogP contribution in [0.4, 0.5) is 0 Å². The van der Waals surface area contributed by atoms with Crippen molar-refractivity contribution in [2.75, 3.05) is 14.1 Å². The maximum atomic E-state index is 5.51. The van der Waals surface area contributed by atoms with Gasteiger partial charge in [-0.25, -0.2) is 0 Å². The van der Waals surface area contributed by atoms with Crippen LogP contribution in [0.2, 0.25) is 0 Å². The molecule has 2 N–H and O–H groups in total. The molecule has 1 atom stereocenters. The second-order valence-electron chi connectivity index (χ2n) is 3.60. The third kappa shape index (κ3) is 2.28. The molecule has 0 amide bonds. The fourth-order valence-electron chi connectivity index (χ4n) is 1.53. The normalized spacial score (nSPS) is 21.7. The molecule has 0 radical (unpaired) electrons. The topological polar surface area (TPSA) is 29.3 Å². The summed E-state index contributed by atoms with van der Waals surface area (Å²) in [6.45, 7) is 3.75. The van der Waals surface area contributed by atoms with E-state index in [0.717, 1.165) is 12.0 Å². The molecular weight excluding hydrogens is 172 g/mol. The summed E-state index contributed by atoms with van der Waals surface area (Å²) >= 11 is 0. The van der Waals surface area contributed by atoms with Gasteiger partial charge in [-0.3, -0.25) is 0 Å². The first-order valence-electron chi connectivity index (χ1n) is 4.79. The molecule has 0 saturated heterocycles. The summed E-state index contributed by atoms with van der Waals surface area (Å²) in [7, 11) is 4.09. The minimum atomic E-state index is 0.390. The van der Waals surface area contributed by atoms with E-state index >= 15 is 0 Å². The summed E-state index contributed by atoms with van der Waals surface area (Å²) < 4.78 is 0. The Bertz CT molecular complexity index is 295. The Hall–Kier alpha value is -1.44. The Balaban J connectivity index is 2.69. The minimum Gasteiger partial charge on any atom is -0.404 e. The molecule has 0 spiro atoms. The van der Waals surface area contributed by atoms with Gasteiger partial charge >= 0.3 is 0 Å². The summed E-state index contributed by atoms with van der Waals surface area (Å²) in [4.78, 5) is 2.10. The summed E-state index contributed by atoms with van der Waals surface area (Å²) in [6, 6.07) is 0. The van der Waals surface area contributed by atoms with Gasteiger partial charge in [-0.2, -0.15) is 0 Å². The highest BCUT2D eigenvalue weighted by atomic mass is 15.1. The first-order chi connectivity index (χ1) is 6.69. The Morgan fingerprint density at radius 1 is 1.64 bits per heavy atom. The fraction of sp³-hybridized carbons (Fsp3) is 0.333. The van der Waals surface area contributed by atoms with E-state index in [1.807, 2.05) is 20.2 Å². The van der Waals surface area contributed by atoms with Crippen LogP contribution in [-0.2, 0) is 0 Å². The molecule has 1 aliphatic carbocycles. The smallest absolute Gasteiger partial charge is 0.0317 e. The van der Waals surface area contributed by atoms with E-state index in [-0.39, 0.29) is 0 Å². The summed E-state index contributed by atoms with van der Waals surface area (Å²) in [5, 5.41) is 0. The van der Waals surface area contributed by atoms with E-state index in [1.165, 1.54) is 5.70 Å². The van der Waals surface area contributed by atoms with Crippen molar-refractivity contribution in [1.82, 2.24) is 4.90 Å². The van der Waals surface area contributed by atoms with Crippen LogP contribution < -0.4 is 5.73 Å². The Kier molecular flexibility index (Phi) is 3.57. The largest absolute Gasteiger partial charge is 0.404 e. The van der Waals surface area contributed by atoms with Crippen molar-refractivity contribution in [1.29, 1.82) is 0 Å². The standard InChI is InChI=1S/C12H18N2/c1-4-10(9-13)11-5-7-12(8-6-11)14(2)3/h4-5,7-9,11H,1,6,13H2,2-3H3/b10-9+. The third-order valence-corrected chi connectivity index (χ3v) is 2.45. The van der Waals surface area contributed by atoms with Gasteiger partial charge in [0.1, 0.15) is 0 Å². The SMILES string of the molecule is C=C/C(=C\N)C1C=CC(N(C)C)=CC1. The predicted molar refractivity (Wildman–Crippen MR) is 61.5 cm³/mol. The first-order valence-corrected chi connectivity index (χ1v) is 4.79. The zero-order valence-electron chi connectivity index (χ0n) is 8.90. The Labute approximate surface area is 86.1 Å². The van der Waals surface area contributed by atoms with E-state index in [2.05, 4.69) is 29.7 Å². The molecule has 0 bridgehead atoms. The van der Waals surface area contributed by atoms with Gasteiger partial charge in [-0.15, -0.1) is 0 Å². The van der Waals surface area contributed by atoms with Crippen molar-refractivity contribution in [3.8, 4) is 0 Å². The van der Waals surface area contributed by atoms with Crippen molar-refractivity contribution in [3.05, 3.63) is 48.4 Å². The summed E-state index contributed by atoms with van der Waals surface area (Å²) in [5.41, 5.74) is 7.85. The van der Waals surface area contributed by atoms with Crippen LogP contribution >= 0.6 is 0 Å². The maximum Gasteiger partial charge on any atom is 0.0317 e. The number of hydrogen-bond donors (Lipinski definition) is 1. The van der Waals surface area contributed by atoms with Crippen LogP contribution in [0.15, 0.2) is 48.4 Å². The molecule has 2 nitrogen and oxygen atoms in total. The van der Waals surface area contributed by atoms with Gasteiger partial charge < -0.3 is 10.6 Å². The van der Waals surface area contributed by atoms with E-state index in [4.69, 9.17) is 5.73 Å². The lowest BCUT2D eigenvalue weighted by atomic mass is 9.92. The van der Waals surface area contributed by atoms with Crippen LogP contribution in [-0.4, -0.2) is 19.0 Å². The molecule has 76 valence electrons. The zero-order valence-corrected chi connectivity index (χ0v) is 8.90. The maximum absolute atomic E-state index is 5.51. The predicted octanol–water partition coefficient (Wildman–Crippen LogP) is 2.04. The van der Waals surface area contributed by atoms with Crippen LogP contribution in [0.1, 0.15) is 6.42 Å². The molecule has 0 saturated carbocycles. The fourth-order valence-corrected chi connectivity index (χ4v) is 1.53. The van der Waals surface area contributed by atoms with Crippen molar-refractivity contribution < 1.29 is 0 Å². The lowest BCUT2D eigenvalue weighted by Gasteiger charge is -2.21.